The van der Waals surface area contributed by atoms with Crippen LogP contribution in [0.15, 0.2) is 30.5 Å². The number of aliphatic hydroxyl groups excluding tert-OH is 1. The number of rotatable bonds is 4. The molecule has 1 aromatic carbocycles. The Labute approximate surface area is 88.1 Å². The van der Waals surface area contributed by atoms with Crippen LogP contribution in [0, 0.1) is 0 Å². The van der Waals surface area contributed by atoms with Gasteiger partial charge in [0.2, 0.25) is 0 Å². The molecule has 0 amide bonds. The lowest BCUT2D eigenvalue weighted by molar-refractivity contribution is 0.196. The Morgan fingerprint density at radius 1 is 1.40 bits per heavy atom. The highest BCUT2D eigenvalue weighted by molar-refractivity contribution is 5.92. The summed E-state index contributed by atoms with van der Waals surface area (Å²) in [6, 6.07) is 8.01. The molecule has 0 saturated heterocycles. The van der Waals surface area contributed by atoms with E-state index in [1.54, 1.807) is 0 Å². The summed E-state index contributed by atoms with van der Waals surface area (Å²) in [6.07, 6.45) is 1.40. The van der Waals surface area contributed by atoms with Crippen LogP contribution < -0.4 is 11.1 Å². The van der Waals surface area contributed by atoms with Crippen molar-refractivity contribution in [1.29, 1.82) is 0 Å². The molecular formula is C11H15N3O. The van der Waals surface area contributed by atoms with E-state index in [2.05, 4.69) is 10.3 Å². The minimum atomic E-state index is -0.501. The zero-order valence-electron chi connectivity index (χ0n) is 8.40. The van der Waals surface area contributed by atoms with Crippen LogP contribution in [0.3, 0.4) is 0 Å². The molecule has 0 fully saturated rings. The van der Waals surface area contributed by atoms with E-state index in [1.807, 2.05) is 30.5 Å². The van der Waals surface area contributed by atoms with Gasteiger partial charge in [-0.2, -0.15) is 0 Å². The van der Waals surface area contributed by atoms with Crippen LogP contribution in [0.5, 0.6) is 0 Å². The Kier molecular flexibility index (Phi) is 2.89. The van der Waals surface area contributed by atoms with Crippen molar-refractivity contribution >= 4 is 16.6 Å². The highest BCUT2D eigenvalue weighted by atomic mass is 16.3. The smallest absolute Gasteiger partial charge is 0.0834 e. The van der Waals surface area contributed by atoms with E-state index in [9.17, 15) is 5.11 Å². The van der Waals surface area contributed by atoms with E-state index in [4.69, 9.17) is 5.73 Å². The summed E-state index contributed by atoms with van der Waals surface area (Å²) in [7, 11) is 0. The zero-order valence-corrected chi connectivity index (χ0v) is 8.40. The van der Waals surface area contributed by atoms with Gasteiger partial charge < -0.3 is 21.1 Å². The molecule has 0 aliphatic heterocycles. The first-order valence-corrected chi connectivity index (χ1v) is 4.99. The van der Waals surface area contributed by atoms with Crippen LogP contribution in [0.2, 0.25) is 0 Å². The van der Waals surface area contributed by atoms with Gasteiger partial charge in [-0.15, -0.1) is 0 Å². The van der Waals surface area contributed by atoms with Gasteiger partial charge in [-0.25, -0.2) is 0 Å². The number of aromatic nitrogens is 1. The van der Waals surface area contributed by atoms with E-state index < -0.39 is 6.10 Å². The van der Waals surface area contributed by atoms with Gasteiger partial charge >= 0.3 is 0 Å². The molecule has 2 rings (SSSR count). The molecule has 1 atom stereocenters. The van der Waals surface area contributed by atoms with E-state index in [0.29, 0.717) is 6.54 Å². The van der Waals surface area contributed by atoms with Crippen molar-refractivity contribution in [3.05, 3.63) is 30.5 Å². The van der Waals surface area contributed by atoms with Crippen LogP contribution in [0.4, 0.5) is 5.69 Å². The number of benzene rings is 1. The third-order valence-corrected chi connectivity index (χ3v) is 2.39. The number of nitrogens with one attached hydrogen (secondary N) is 2. The molecule has 0 spiro atoms. The van der Waals surface area contributed by atoms with Crippen molar-refractivity contribution in [1.82, 2.24) is 4.98 Å². The Hall–Kier alpha value is -1.52. The molecule has 0 aliphatic rings. The number of aromatic amines is 1. The fourth-order valence-corrected chi connectivity index (χ4v) is 1.53. The lowest BCUT2D eigenvalue weighted by Crippen LogP contribution is -2.27. The molecule has 1 unspecified atom stereocenters. The summed E-state index contributed by atoms with van der Waals surface area (Å²) < 4.78 is 0. The second-order valence-corrected chi connectivity index (χ2v) is 3.52. The lowest BCUT2D eigenvalue weighted by atomic mass is 10.2. The highest BCUT2D eigenvalue weighted by Crippen LogP contribution is 2.22. The highest BCUT2D eigenvalue weighted by Gasteiger charge is 2.04. The maximum Gasteiger partial charge on any atom is 0.0834 e. The predicted molar refractivity (Wildman–Crippen MR) is 61.8 cm³/mol. The van der Waals surface area contributed by atoms with Crippen LogP contribution in [0.25, 0.3) is 10.9 Å². The lowest BCUT2D eigenvalue weighted by Gasteiger charge is -2.09. The molecule has 4 heteroatoms. The normalized spacial score (nSPS) is 12.9. The summed E-state index contributed by atoms with van der Waals surface area (Å²) in [5, 5.41) is 13.6. The van der Waals surface area contributed by atoms with Gasteiger partial charge in [0.05, 0.1) is 11.8 Å². The van der Waals surface area contributed by atoms with Crippen molar-refractivity contribution in [2.24, 2.45) is 5.73 Å². The molecule has 0 aliphatic carbocycles. The van der Waals surface area contributed by atoms with Gasteiger partial charge in [0.25, 0.3) is 0 Å². The number of aliphatic hydroxyl groups is 1. The first kappa shape index (κ1) is 10.0. The average Bonchev–Trinajstić information content (AvgIpc) is 2.69. The number of hydrogen-bond donors (Lipinski definition) is 4. The molecule has 1 aromatic heterocycles. The summed E-state index contributed by atoms with van der Waals surface area (Å²) in [5.74, 6) is 0. The Morgan fingerprint density at radius 3 is 3.00 bits per heavy atom. The molecule has 80 valence electrons. The molecular weight excluding hydrogens is 190 g/mol. The summed E-state index contributed by atoms with van der Waals surface area (Å²) >= 11 is 0. The molecule has 0 bridgehead atoms. The van der Waals surface area contributed by atoms with Gasteiger partial charge in [0, 0.05) is 30.2 Å². The van der Waals surface area contributed by atoms with Gasteiger partial charge in [0.1, 0.15) is 0 Å². The third kappa shape index (κ3) is 2.11. The maximum absolute atomic E-state index is 9.33. The van der Waals surface area contributed by atoms with Gasteiger partial charge in [-0.05, 0) is 6.07 Å². The van der Waals surface area contributed by atoms with Crippen molar-refractivity contribution < 1.29 is 5.11 Å². The number of hydrogen-bond acceptors (Lipinski definition) is 3. The summed E-state index contributed by atoms with van der Waals surface area (Å²) in [6.45, 7) is 0.744. The van der Waals surface area contributed by atoms with Crippen molar-refractivity contribution in [3.8, 4) is 0 Å². The summed E-state index contributed by atoms with van der Waals surface area (Å²) in [5.41, 5.74) is 7.41. The fourth-order valence-electron chi connectivity index (χ4n) is 1.53. The SMILES string of the molecule is NCC(O)CNc1c[nH]c2ccccc12. The molecule has 0 radical (unpaired) electrons. The minimum absolute atomic E-state index is 0.273. The van der Waals surface area contributed by atoms with Gasteiger partial charge in [0.15, 0.2) is 0 Å². The maximum atomic E-state index is 9.33. The molecule has 15 heavy (non-hydrogen) atoms. The van der Waals surface area contributed by atoms with Crippen LogP contribution >= 0.6 is 0 Å². The average molecular weight is 205 g/mol. The third-order valence-electron chi connectivity index (χ3n) is 2.39. The number of fused-ring (bicyclic) bond motifs is 1. The standard InChI is InChI=1S/C11H15N3O/c12-5-8(15)6-13-11-7-14-10-4-2-1-3-9(10)11/h1-4,7-8,13-15H,5-6,12H2. The van der Waals surface area contributed by atoms with Crippen LogP contribution in [-0.2, 0) is 0 Å². The largest absolute Gasteiger partial charge is 0.390 e. The van der Waals surface area contributed by atoms with Crippen molar-refractivity contribution in [2.45, 2.75) is 6.10 Å². The minimum Gasteiger partial charge on any atom is -0.390 e. The molecule has 0 saturated carbocycles. The number of para-hydroxylation sites is 1. The van der Waals surface area contributed by atoms with E-state index in [0.717, 1.165) is 16.6 Å². The van der Waals surface area contributed by atoms with E-state index in [-0.39, 0.29) is 6.54 Å². The topological polar surface area (TPSA) is 74.1 Å². The number of nitrogens with two attached hydrogens (primary N) is 1. The van der Waals surface area contributed by atoms with Gasteiger partial charge in [-0.3, -0.25) is 0 Å². The van der Waals surface area contributed by atoms with Crippen LogP contribution in [0.1, 0.15) is 0 Å². The van der Waals surface area contributed by atoms with Crippen molar-refractivity contribution in [3.63, 3.8) is 0 Å². The first-order valence-electron chi connectivity index (χ1n) is 4.99. The predicted octanol–water partition coefficient (Wildman–Crippen LogP) is 0.899. The van der Waals surface area contributed by atoms with E-state index in [1.165, 1.54) is 0 Å². The zero-order chi connectivity index (χ0) is 10.7. The Balaban J connectivity index is 2.14. The Morgan fingerprint density at radius 2 is 2.20 bits per heavy atom. The second-order valence-electron chi connectivity index (χ2n) is 3.52. The fraction of sp³-hybridized carbons (Fsp3) is 0.273. The summed E-state index contributed by atoms with van der Waals surface area (Å²) in [4.78, 5) is 3.15. The quantitative estimate of drug-likeness (QED) is 0.599. The van der Waals surface area contributed by atoms with Crippen molar-refractivity contribution in [2.75, 3.05) is 18.4 Å². The Bertz CT molecular complexity index is 438. The number of H-pyrrole nitrogens is 1. The van der Waals surface area contributed by atoms with Crippen LogP contribution in [-0.4, -0.2) is 29.3 Å². The molecule has 1 heterocycles. The van der Waals surface area contributed by atoms with E-state index >= 15 is 0 Å². The van der Waals surface area contributed by atoms with Gasteiger partial charge in [-0.1, -0.05) is 18.2 Å². The first-order chi connectivity index (χ1) is 7.31. The second kappa shape index (κ2) is 4.33. The monoisotopic (exact) mass is 205 g/mol. The number of anilines is 1. The molecule has 5 N–H and O–H groups in total. The molecule has 2 aromatic rings. The molecule has 4 nitrogen and oxygen atoms in total.